The number of rotatable bonds is 2. The van der Waals surface area contributed by atoms with Gasteiger partial charge in [-0.15, -0.1) is 0 Å². The molecule has 0 unspecified atom stereocenters. The lowest BCUT2D eigenvalue weighted by Gasteiger charge is -2.19. The Morgan fingerprint density at radius 2 is 1.73 bits per heavy atom. The lowest BCUT2D eigenvalue weighted by Crippen LogP contribution is -2.26. The predicted octanol–water partition coefficient (Wildman–Crippen LogP) is 4.32. The quantitative estimate of drug-likeness (QED) is 0.759. The lowest BCUT2D eigenvalue weighted by molar-refractivity contribution is 0.735. The van der Waals surface area contributed by atoms with E-state index in [4.69, 9.17) is 28.9 Å². The Bertz CT molecular complexity index is 902. The molecule has 3 nitrogen and oxygen atoms in total. The van der Waals surface area contributed by atoms with Crippen molar-refractivity contribution in [2.75, 3.05) is 0 Å². The van der Waals surface area contributed by atoms with Crippen LogP contribution in [-0.2, 0) is 0 Å². The molecule has 1 heterocycles. The molecule has 0 bridgehead atoms. The summed E-state index contributed by atoms with van der Waals surface area (Å²) in [7, 11) is 0. The van der Waals surface area contributed by atoms with Gasteiger partial charge in [0.1, 0.15) is 0 Å². The van der Waals surface area contributed by atoms with Crippen LogP contribution < -0.4 is 11.3 Å². The second-order valence-corrected chi connectivity index (χ2v) is 5.91. The number of para-hydroxylation sites is 1. The zero-order valence-corrected chi connectivity index (χ0v) is 13.4. The summed E-state index contributed by atoms with van der Waals surface area (Å²) in [6.07, 6.45) is 0. The topological polar surface area (TPSA) is 48.0 Å². The van der Waals surface area contributed by atoms with Gasteiger partial charge in [0.25, 0.3) is 5.56 Å². The molecule has 0 aliphatic rings. The van der Waals surface area contributed by atoms with Gasteiger partial charge in [0.15, 0.2) is 0 Å². The van der Waals surface area contributed by atoms with Gasteiger partial charge >= 0.3 is 0 Å². The van der Waals surface area contributed by atoms with E-state index in [1.807, 2.05) is 30.3 Å². The van der Waals surface area contributed by atoms with Crippen LogP contribution in [0.5, 0.6) is 0 Å². The number of benzene rings is 2. The van der Waals surface area contributed by atoms with E-state index in [-0.39, 0.29) is 5.56 Å². The average molecular weight is 333 g/mol. The Morgan fingerprint density at radius 1 is 1.05 bits per heavy atom. The van der Waals surface area contributed by atoms with Gasteiger partial charge in [-0.05, 0) is 25.1 Å². The number of hydrogen-bond acceptors (Lipinski definition) is 2. The van der Waals surface area contributed by atoms with E-state index in [0.29, 0.717) is 32.2 Å². The van der Waals surface area contributed by atoms with E-state index in [1.54, 1.807) is 29.7 Å². The summed E-state index contributed by atoms with van der Waals surface area (Å²) in [4.78, 5) is 13.0. The van der Waals surface area contributed by atoms with Crippen LogP contribution in [0.1, 0.15) is 18.7 Å². The van der Waals surface area contributed by atoms with Crippen LogP contribution in [0.4, 0.5) is 0 Å². The summed E-state index contributed by atoms with van der Waals surface area (Å²) in [6.45, 7) is 1.80. The summed E-state index contributed by atoms with van der Waals surface area (Å²) in [6, 6.07) is 14.1. The molecule has 0 fully saturated rings. The zero-order valence-electron chi connectivity index (χ0n) is 11.9. The summed E-state index contributed by atoms with van der Waals surface area (Å²) >= 11 is 12.8. The molecule has 112 valence electrons. The fraction of sp³-hybridized carbons (Fsp3) is 0.118. The van der Waals surface area contributed by atoms with Crippen molar-refractivity contribution >= 4 is 34.0 Å². The highest BCUT2D eigenvalue weighted by Crippen LogP contribution is 2.32. The van der Waals surface area contributed by atoms with E-state index in [0.717, 1.165) is 0 Å². The summed E-state index contributed by atoms with van der Waals surface area (Å²) < 4.78 is 1.54. The minimum Gasteiger partial charge on any atom is -0.323 e. The fourth-order valence-corrected chi connectivity index (χ4v) is 3.29. The lowest BCUT2D eigenvalue weighted by atomic mass is 10.1. The minimum atomic E-state index is -0.399. The van der Waals surface area contributed by atoms with Gasteiger partial charge in [-0.3, -0.25) is 9.36 Å². The van der Waals surface area contributed by atoms with Gasteiger partial charge in [0.05, 0.1) is 21.1 Å². The smallest absolute Gasteiger partial charge is 0.264 e. The van der Waals surface area contributed by atoms with Crippen molar-refractivity contribution in [3.63, 3.8) is 0 Å². The number of halogens is 2. The first kappa shape index (κ1) is 15.1. The Hall–Kier alpha value is -1.81. The van der Waals surface area contributed by atoms with Gasteiger partial charge in [-0.25, -0.2) is 0 Å². The molecule has 5 heteroatoms. The van der Waals surface area contributed by atoms with Crippen LogP contribution in [0.25, 0.3) is 16.5 Å². The number of aromatic nitrogens is 1. The predicted molar refractivity (Wildman–Crippen MR) is 92.2 cm³/mol. The number of pyridine rings is 1. The SMILES string of the molecule is C[C@H](N)c1c(Cl)c2cccc(Cl)c2c(=O)n1-c1ccccc1. The molecule has 3 aromatic rings. The van der Waals surface area contributed by atoms with Gasteiger partial charge < -0.3 is 5.73 Å². The highest BCUT2D eigenvalue weighted by atomic mass is 35.5. The first-order valence-corrected chi connectivity index (χ1v) is 7.61. The number of nitrogens with two attached hydrogens (primary N) is 1. The number of fused-ring (bicyclic) bond motifs is 1. The third-order valence-corrected chi connectivity index (χ3v) is 4.29. The zero-order chi connectivity index (χ0) is 15.9. The normalized spacial score (nSPS) is 12.5. The van der Waals surface area contributed by atoms with Crippen LogP contribution in [0.3, 0.4) is 0 Å². The van der Waals surface area contributed by atoms with Gasteiger partial charge in [0.2, 0.25) is 0 Å². The van der Waals surface area contributed by atoms with Crippen LogP contribution >= 0.6 is 23.2 Å². The summed E-state index contributed by atoms with van der Waals surface area (Å²) in [5.41, 5.74) is 7.14. The number of hydrogen-bond donors (Lipinski definition) is 1. The molecular weight excluding hydrogens is 319 g/mol. The first-order valence-electron chi connectivity index (χ1n) is 6.86. The van der Waals surface area contributed by atoms with Gasteiger partial charge in [0, 0.05) is 17.1 Å². The molecule has 0 aliphatic carbocycles. The van der Waals surface area contributed by atoms with Crippen molar-refractivity contribution < 1.29 is 0 Å². The summed E-state index contributed by atoms with van der Waals surface area (Å²) in [5, 5.41) is 1.86. The molecule has 3 rings (SSSR count). The highest BCUT2D eigenvalue weighted by molar-refractivity contribution is 6.39. The molecule has 1 aromatic heterocycles. The molecule has 0 aliphatic heterocycles. The number of nitrogens with zero attached hydrogens (tertiary/aromatic N) is 1. The molecule has 0 amide bonds. The van der Waals surface area contributed by atoms with Crippen molar-refractivity contribution in [2.45, 2.75) is 13.0 Å². The largest absolute Gasteiger partial charge is 0.323 e. The monoisotopic (exact) mass is 332 g/mol. The average Bonchev–Trinajstić information content (AvgIpc) is 2.50. The Labute approximate surface area is 137 Å². The van der Waals surface area contributed by atoms with Crippen LogP contribution in [0, 0.1) is 0 Å². The first-order chi connectivity index (χ1) is 10.5. The van der Waals surface area contributed by atoms with E-state index < -0.39 is 6.04 Å². The van der Waals surface area contributed by atoms with Crippen molar-refractivity contribution in [3.05, 3.63) is 74.6 Å². The van der Waals surface area contributed by atoms with Crippen molar-refractivity contribution in [3.8, 4) is 5.69 Å². The minimum absolute atomic E-state index is 0.219. The Balaban J connectivity index is 2.55. The molecular formula is C17H14Cl2N2O. The second kappa shape index (κ2) is 5.76. The van der Waals surface area contributed by atoms with Crippen molar-refractivity contribution in [1.82, 2.24) is 4.57 Å². The molecule has 2 aromatic carbocycles. The highest BCUT2D eigenvalue weighted by Gasteiger charge is 2.20. The van der Waals surface area contributed by atoms with Crippen LogP contribution in [-0.4, -0.2) is 4.57 Å². The standard InChI is InChI=1S/C17H14Cl2N2O/c1-10(20)16-15(19)12-8-5-9-13(18)14(12)17(22)21(16)11-6-3-2-4-7-11/h2-10H,20H2,1H3/t10-/m0/s1. The third-order valence-electron chi connectivity index (χ3n) is 3.58. The van der Waals surface area contributed by atoms with Gasteiger partial charge in [-0.1, -0.05) is 53.5 Å². The van der Waals surface area contributed by atoms with E-state index in [1.165, 1.54) is 0 Å². The molecule has 0 saturated heterocycles. The maximum atomic E-state index is 13.0. The third kappa shape index (κ3) is 2.31. The molecule has 22 heavy (non-hydrogen) atoms. The van der Waals surface area contributed by atoms with Crippen LogP contribution in [0.15, 0.2) is 53.3 Å². The molecule has 1 atom stereocenters. The van der Waals surface area contributed by atoms with Crippen molar-refractivity contribution in [1.29, 1.82) is 0 Å². The maximum Gasteiger partial charge on any atom is 0.264 e. The molecule has 2 N–H and O–H groups in total. The van der Waals surface area contributed by atoms with Crippen LogP contribution in [0.2, 0.25) is 10.0 Å². The fourth-order valence-electron chi connectivity index (χ4n) is 2.62. The van der Waals surface area contributed by atoms with Gasteiger partial charge in [-0.2, -0.15) is 0 Å². The van der Waals surface area contributed by atoms with E-state index >= 15 is 0 Å². The van der Waals surface area contributed by atoms with E-state index in [2.05, 4.69) is 0 Å². The second-order valence-electron chi connectivity index (χ2n) is 5.13. The molecule has 0 spiro atoms. The van der Waals surface area contributed by atoms with Crippen molar-refractivity contribution in [2.24, 2.45) is 5.73 Å². The van der Waals surface area contributed by atoms with E-state index in [9.17, 15) is 4.79 Å². The molecule has 0 saturated carbocycles. The maximum absolute atomic E-state index is 13.0. The molecule has 0 radical (unpaired) electrons. The Kier molecular flexibility index (Phi) is 3.96. The summed E-state index contributed by atoms with van der Waals surface area (Å²) in [5.74, 6) is 0. The Morgan fingerprint density at radius 3 is 2.36 bits per heavy atom.